The molecule has 2 rings (SSSR count). The Morgan fingerprint density at radius 3 is 2.95 bits per heavy atom. The number of nitrogens with two attached hydrogens (primary N) is 1. The van der Waals surface area contributed by atoms with Crippen LogP contribution in [-0.4, -0.2) is 29.0 Å². The molecule has 0 bridgehead atoms. The van der Waals surface area contributed by atoms with E-state index in [0.717, 1.165) is 18.0 Å². The van der Waals surface area contributed by atoms with Crippen molar-refractivity contribution in [2.75, 3.05) is 7.05 Å². The van der Waals surface area contributed by atoms with Crippen LogP contribution in [0.1, 0.15) is 50.2 Å². The summed E-state index contributed by atoms with van der Waals surface area (Å²) in [5, 5.41) is 11.8. The molecule has 0 amide bonds. The number of amidine groups is 1. The van der Waals surface area contributed by atoms with Crippen LogP contribution in [0, 0.1) is 5.92 Å². The predicted octanol–water partition coefficient (Wildman–Crippen LogP) is 3.18. The molecule has 0 radical (unpaired) electrons. The first-order valence-electron chi connectivity index (χ1n) is 7.91. The lowest BCUT2D eigenvalue weighted by Crippen LogP contribution is -2.35. The van der Waals surface area contributed by atoms with Crippen LogP contribution < -0.4 is 5.73 Å². The van der Waals surface area contributed by atoms with E-state index in [-0.39, 0.29) is 5.84 Å². The van der Waals surface area contributed by atoms with Crippen molar-refractivity contribution in [2.24, 2.45) is 16.8 Å². The average molecular weight is 289 g/mol. The zero-order valence-corrected chi connectivity index (χ0v) is 13.1. The van der Waals surface area contributed by atoms with Gasteiger partial charge in [-0.05, 0) is 37.4 Å². The Morgan fingerprint density at radius 1 is 1.43 bits per heavy atom. The lowest BCUT2D eigenvalue weighted by Gasteiger charge is -2.35. The second-order valence-electron chi connectivity index (χ2n) is 6.20. The fourth-order valence-corrected chi connectivity index (χ4v) is 3.34. The third-order valence-electron chi connectivity index (χ3n) is 4.72. The molecule has 0 heterocycles. The normalized spacial score (nSPS) is 23.5. The smallest absolute Gasteiger partial charge is 0.170 e. The molecule has 1 saturated carbocycles. The SMILES string of the molecule is CCC1CCCC(N(C)Cc2cccc(C(N)=NO)c2)C1. The molecule has 116 valence electrons. The molecule has 0 aromatic heterocycles. The molecule has 4 heteroatoms. The van der Waals surface area contributed by atoms with Gasteiger partial charge in [0.1, 0.15) is 0 Å². The number of benzene rings is 1. The van der Waals surface area contributed by atoms with Crippen molar-refractivity contribution in [2.45, 2.75) is 51.6 Å². The minimum Gasteiger partial charge on any atom is -0.409 e. The molecule has 1 aliphatic rings. The van der Waals surface area contributed by atoms with Gasteiger partial charge >= 0.3 is 0 Å². The van der Waals surface area contributed by atoms with Crippen molar-refractivity contribution in [3.8, 4) is 0 Å². The van der Waals surface area contributed by atoms with E-state index < -0.39 is 0 Å². The first-order valence-corrected chi connectivity index (χ1v) is 7.91. The van der Waals surface area contributed by atoms with Crippen molar-refractivity contribution >= 4 is 5.84 Å². The van der Waals surface area contributed by atoms with Gasteiger partial charge in [0.2, 0.25) is 0 Å². The second kappa shape index (κ2) is 7.46. The molecule has 2 atom stereocenters. The Hall–Kier alpha value is -1.55. The predicted molar refractivity (Wildman–Crippen MR) is 86.5 cm³/mol. The Kier molecular flexibility index (Phi) is 5.62. The van der Waals surface area contributed by atoms with Gasteiger partial charge in [-0.15, -0.1) is 0 Å². The van der Waals surface area contributed by atoms with E-state index in [0.29, 0.717) is 6.04 Å². The lowest BCUT2D eigenvalue weighted by molar-refractivity contribution is 0.150. The molecule has 3 N–H and O–H groups in total. The third kappa shape index (κ3) is 4.21. The molecule has 21 heavy (non-hydrogen) atoms. The van der Waals surface area contributed by atoms with Crippen LogP contribution in [0.2, 0.25) is 0 Å². The molecule has 2 unspecified atom stereocenters. The van der Waals surface area contributed by atoms with E-state index in [2.05, 4.69) is 30.1 Å². The van der Waals surface area contributed by atoms with Gasteiger partial charge in [-0.1, -0.05) is 49.5 Å². The number of oxime groups is 1. The molecule has 0 saturated heterocycles. The second-order valence-corrected chi connectivity index (χ2v) is 6.20. The summed E-state index contributed by atoms with van der Waals surface area (Å²) in [7, 11) is 2.21. The number of hydrogen-bond acceptors (Lipinski definition) is 3. The summed E-state index contributed by atoms with van der Waals surface area (Å²) >= 11 is 0. The molecular weight excluding hydrogens is 262 g/mol. The van der Waals surface area contributed by atoms with E-state index in [1.54, 1.807) is 0 Å². The van der Waals surface area contributed by atoms with Crippen molar-refractivity contribution in [3.05, 3.63) is 35.4 Å². The topological polar surface area (TPSA) is 61.8 Å². The molecule has 4 nitrogen and oxygen atoms in total. The number of nitrogens with zero attached hydrogens (tertiary/aromatic N) is 2. The van der Waals surface area contributed by atoms with Crippen molar-refractivity contribution in [1.82, 2.24) is 4.90 Å². The fourth-order valence-electron chi connectivity index (χ4n) is 3.34. The summed E-state index contributed by atoms with van der Waals surface area (Å²) in [4.78, 5) is 2.45. The zero-order valence-electron chi connectivity index (χ0n) is 13.1. The first-order chi connectivity index (χ1) is 10.1. The van der Waals surface area contributed by atoms with Gasteiger partial charge in [0.05, 0.1) is 0 Å². The standard InChI is InChI=1S/C17H27N3O/c1-3-13-6-5-9-16(11-13)20(2)12-14-7-4-8-15(10-14)17(18)19-21/h4,7-8,10,13,16,21H,3,5-6,9,11-12H2,1-2H3,(H2,18,19). The third-order valence-corrected chi connectivity index (χ3v) is 4.72. The highest BCUT2D eigenvalue weighted by Crippen LogP contribution is 2.29. The molecule has 1 aromatic rings. The molecule has 1 fully saturated rings. The molecule has 0 aliphatic heterocycles. The van der Waals surface area contributed by atoms with Gasteiger partial charge in [-0.2, -0.15) is 0 Å². The fraction of sp³-hybridized carbons (Fsp3) is 0.588. The lowest BCUT2D eigenvalue weighted by atomic mass is 9.83. The Balaban J connectivity index is 2.00. The summed E-state index contributed by atoms with van der Waals surface area (Å²) in [5.74, 6) is 1.05. The number of hydrogen-bond donors (Lipinski definition) is 2. The molecule has 1 aliphatic carbocycles. The van der Waals surface area contributed by atoms with Crippen molar-refractivity contribution in [3.63, 3.8) is 0 Å². The number of rotatable bonds is 5. The van der Waals surface area contributed by atoms with Crippen molar-refractivity contribution < 1.29 is 5.21 Å². The average Bonchev–Trinajstić information content (AvgIpc) is 2.54. The van der Waals surface area contributed by atoms with E-state index in [4.69, 9.17) is 10.9 Å². The van der Waals surface area contributed by atoms with Gasteiger partial charge in [-0.3, -0.25) is 4.90 Å². The van der Waals surface area contributed by atoms with Crippen LogP contribution in [0.5, 0.6) is 0 Å². The monoisotopic (exact) mass is 289 g/mol. The minimum absolute atomic E-state index is 0.170. The Morgan fingerprint density at radius 2 is 2.24 bits per heavy atom. The van der Waals surface area contributed by atoms with Gasteiger partial charge in [0.15, 0.2) is 5.84 Å². The minimum atomic E-state index is 0.170. The van der Waals surface area contributed by atoms with Gasteiger partial charge in [0, 0.05) is 18.2 Å². The summed E-state index contributed by atoms with van der Waals surface area (Å²) in [6.45, 7) is 3.21. The highest BCUT2D eigenvalue weighted by Gasteiger charge is 2.23. The molecule has 1 aromatic carbocycles. The maximum atomic E-state index is 8.77. The van der Waals surface area contributed by atoms with Crippen LogP contribution in [0.3, 0.4) is 0 Å². The molecular formula is C17H27N3O. The van der Waals surface area contributed by atoms with E-state index in [1.165, 1.54) is 37.7 Å². The van der Waals surface area contributed by atoms with Crippen molar-refractivity contribution in [1.29, 1.82) is 0 Å². The van der Waals surface area contributed by atoms with E-state index in [1.807, 2.05) is 18.2 Å². The van der Waals surface area contributed by atoms with Crippen LogP contribution >= 0.6 is 0 Å². The summed E-state index contributed by atoms with van der Waals surface area (Å²) in [5.41, 5.74) is 7.64. The van der Waals surface area contributed by atoms with E-state index in [9.17, 15) is 0 Å². The largest absolute Gasteiger partial charge is 0.409 e. The highest BCUT2D eigenvalue weighted by atomic mass is 16.4. The highest BCUT2D eigenvalue weighted by molar-refractivity contribution is 5.97. The maximum absolute atomic E-state index is 8.77. The zero-order chi connectivity index (χ0) is 15.2. The van der Waals surface area contributed by atoms with Gasteiger partial charge in [0.25, 0.3) is 0 Å². The Labute approximate surface area is 127 Å². The molecule has 0 spiro atoms. The van der Waals surface area contributed by atoms with Crippen LogP contribution in [0.4, 0.5) is 0 Å². The van der Waals surface area contributed by atoms with Crippen LogP contribution in [0.15, 0.2) is 29.4 Å². The van der Waals surface area contributed by atoms with Crippen LogP contribution in [0.25, 0.3) is 0 Å². The maximum Gasteiger partial charge on any atom is 0.170 e. The summed E-state index contributed by atoms with van der Waals surface area (Å²) in [6.07, 6.45) is 6.64. The quantitative estimate of drug-likeness (QED) is 0.379. The summed E-state index contributed by atoms with van der Waals surface area (Å²) < 4.78 is 0. The van der Waals surface area contributed by atoms with Gasteiger partial charge in [-0.25, -0.2) is 0 Å². The first kappa shape index (κ1) is 15.8. The van der Waals surface area contributed by atoms with E-state index >= 15 is 0 Å². The van der Waals surface area contributed by atoms with Crippen LogP contribution in [-0.2, 0) is 6.54 Å². The summed E-state index contributed by atoms with van der Waals surface area (Å²) in [6, 6.07) is 8.62. The van der Waals surface area contributed by atoms with Gasteiger partial charge < -0.3 is 10.9 Å². The Bertz CT molecular complexity index is 487.